The Labute approximate surface area is 241 Å². The van der Waals surface area contributed by atoms with Crippen molar-refractivity contribution in [3.8, 4) is 17.2 Å². The van der Waals surface area contributed by atoms with Crippen LogP contribution < -0.4 is 20.5 Å². The molecule has 0 aliphatic carbocycles. The van der Waals surface area contributed by atoms with Crippen LogP contribution in [0.5, 0.6) is 17.2 Å². The lowest BCUT2D eigenvalue weighted by atomic mass is 9.87. The van der Waals surface area contributed by atoms with Crippen molar-refractivity contribution >= 4 is 17.7 Å². The Morgan fingerprint density at radius 1 is 1.10 bits per heavy atom. The lowest BCUT2D eigenvalue weighted by Crippen LogP contribution is -2.37. The second-order valence-corrected chi connectivity index (χ2v) is 10.3. The van der Waals surface area contributed by atoms with Crippen LogP contribution in [0.25, 0.3) is 0 Å². The second kappa shape index (κ2) is 15.5. The first-order valence-electron chi connectivity index (χ1n) is 13.4. The first kappa shape index (κ1) is 33.7. The average molecular weight is 577 g/mol. The summed E-state index contributed by atoms with van der Waals surface area (Å²) in [5.74, 6) is -0.523. The number of carbonyl (C=O) groups is 2. The summed E-state index contributed by atoms with van der Waals surface area (Å²) < 4.78 is 27.7. The summed E-state index contributed by atoms with van der Waals surface area (Å²) in [6.07, 6.45) is 3.33. The molecule has 1 aromatic rings. The predicted octanol–water partition coefficient (Wildman–Crippen LogP) is 3.87. The molecular weight excluding hydrogens is 532 g/mol. The third-order valence-electron chi connectivity index (χ3n) is 7.19. The van der Waals surface area contributed by atoms with Gasteiger partial charge in [-0.15, -0.1) is 0 Å². The number of amides is 2. The van der Waals surface area contributed by atoms with Crippen LogP contribution in [0, 0.1) is 11.8 Å². The van der Waals surface area contributed by atoms with E-state index in [0.29, 0.717) is 41.0 Å². The highest BCUT2D eigenvalue weighted by atomic mass is 16.6. The number of benzene rings is 1. The standard InChI is InChI=1S/C30H44N2O9/c1-16-12-20-26(34)24(39-7)15-21(28(20)40-8)32-29(35)17(2)10-9-11-22(37-5)27(41-30(31)36)19(4)14-18(3)25(33)23(13-16)38-6/h9-11,14-16,18,22-23,25,27,33-34H,12-13H2,1-8H3,(H2,31,36)(H,32,35)/b11-9-,17-10-,19-14-/t16-,18+,22-,23-,25+,27-/m1/s1. The van der Waals surface area contributed by atoms with Crippen molar-refractivity contribution in [2.24, 2.45) is 17.6 Å². The van der Waals surface area contributed by atoms with Gasteiger partial charge in [-0.2, -0.15) is 0 Å². The number of carbonyl (C=O) groups excluding carboxylic acids is 2. The van der Waals surface area contributed by atoms with Crippen LogP contribution in [0.3, 0.4) is 0 Å². The van der Waals surface area contributed by atoms with Gasteiger partial charge in [-0.3, -0.25) is 4.79 Å². The van der Waals surface area contributed by atoms with Gasteiger partial charge in [-0.25, -0.2) is 4.79 Å². The molecule has 5 N–H and O–H groups in total. The van der Waals surface area contributed by atoms with Crippen LogP contribution >= 0.6 is 0 Å². The molecule has 2 rings (SSSR count). The number of methoxy groups -OCH3 is 4. The minimum atomic E-state index is -0.978. The Balaban J connectivity index is 2.69. The quantitative estimate of drug-likeness (QED) is 0.301. The third kappa shape index (κ3) is 8.72. The van der Waals surface area contributed by atoms with Gasteiger partial charge in [0.25, 0.3) is 5.91 Å². The maximum absolute atomic E-state index is 13.1. The molecule has 0 saturated heterocycles. The number of hydrogen-bond donors (Lipinski definition) is 4. The molecule has 1 aliphatic heterocycles. The van der Waals surface area contributed by atoms with Gasteiger partial charge in [0.15, 0.2) is 17.6 Å². The van der Waals surface area contributed by atoms with Crippen LogP contribution in [0.2, 0.25) is 0 Å². The number of aromatic hydroxyl groups is 1. The van der Waals surface area contributed by atoms with E-state index in [2.05, 4.69) is 5.32 Å². The molecule has 0 saturated carbocycles. The fourth-order valence-corrected chi connectivity index (χ4v) is 4.96. The number of nitrogens with one attached hydrogen (secondary N) is 1. The molecule has 41 heavy (non-hydrogen) atoms. The number of anilines is 1. The molecule has 0 unspecified atom stereocenters. The number of fused-ring (bicyclic) bond motifs is 2. The minimum Gasteiger partial charge on any atom is -0.504 e. The summed E-state index contributed by atoms with van der Waals surface area (Å²) in [5, 5.41) is 25.0. The molecule has 1 aliphatic rings. The van der Waals surface area contributed by atoms with Gasteiger partial charge < -0.3 is 44.9 Å². The fourth-order valence-electron chi connectivity index (χ4n) is 4.96. The molecule has 0 aromatic heterocycles. The zero-order valence-electron chi connectivity index (χ0n) is 25.1. The molecule has 0 spiro atoms. The number of allylic oxidation sites excluding steroid dienone is 2. The summed E-state index contributed by atoms with van der Waals surface area (Å²) in [6.45, 7) is 7.18. The van der Waals surface area contributed by atoms with Gasteiger partial charge in [0.05, 0.1) is 32.1 Å². The highest BCUT2D eigenvalue weighted by molar-refractivity contribution is 6.04. The summed E-state index contributed by atoms with van der Waals surface area (Å²) in [5.41, 5.74) is 7.11. The number of rotatable bonds is 5. The van der Waals surface area contributed by atoms with E-state index in [1.807, 2.05) is 13.8 Å². The molecule has 11 nitrogen and oxygen atoms in total. The monoisotopic (exact) mass is 576 g/mol. The summed E-state index contributed by atoms with van der Waals surface area (Å²) >= 11 is 0. The van der Waals surface area contributed by atoms with E-state index in [4.69, 9.17) is 29.4 Å². The second-order valence-electron chi connectivity index (χ2n) is 10.3. The van der Waals surface area contributed by atoms with Crippen molar-refractivity contribution < 1.29 is 43.5 Å². The number of phenolic OH excluding ortho intramolecular Hbond substituents is 1. The van der Waals surface area contributed by atoms with Gasteiger partial charge in [0, 0.05) is 37.3 Å². The molecule has 2 bridgehead atoms. The molecule has 0 fully saturated rings. The zero-order valence-corrected chi connectivity index (χ0v) is 25.1. The highest BCUT2D eigenvalue weighted by Crippen LogP contribution is 2.44. The van der Waals surface area contributed by atoms with Crippen LogP contribution in [0.4, 0.5) is 10.5 Å². The van der Waals surface area contributed by atoms with Crippen molar-refractivity contribution in [3.05, 3.63) is 47.1 Å². The lowest BCUT2D eigenvalue weighted by molar-refractivity contribution is -0.112. The first-order chi connectivity index (χ1) is 19.4. The maximum Gasteiger partial charge on any atom is 0.405 e. The maximum atomic E-state index is 13.1. The number of nitrogens with two attached hydrogens (primary N) is 1. The van der Waals surface area contributed by atoms with Gasteiger partial charge in [-0.05, 0) is 38.2 Å². The number of aliphatic hydroxyl groups excluding tert-OH is 1. The van der Waals surface area contributed by atoms with Crippen LogP contribution in [-0.4, -0.2) is 75.1 Å². The van der Waals surface area contributed by atoms with E-state index < -0.39 is 42.3 Å². The number of primary amides is 1. The van der Waals surface area contributed by atoms with Gasteiger partial charge >= 0.3 is 6.09 Å². The van der Waals surface area contributed by atoms with Crippen LogP contribution in [0.15, 0.2) is 41.5 Å². The number of ether oxygens (including phenoxy) is 5. The molecule has 6 atom stereocenters. The normalized spacial score (nSPS) is 29.7. The topological polar surface area (TPSA) is 159 Å². The predicted molar refractivity (Wildman–Crippen MR) is 155 cm³/mol. The highest BCUT2D eigenvalue weighted by Gasteiger charge is 2.30. The van der Waals surface area contributed by atoms with Gasteiger partial charge in [-0.1, -0.05) is 38.2 Å². The smallest absolute Gasteiger partial charge is 0.405 e. The Morgan fingerprint density at radius 3 is 2.34 bits per heavy atom. The van der Waals surface area contributed by atoms with Crippen molar-refractivity contribution in [2.75, 3.05) is 33.8 Å². The van der Waals surface area contributed by atoms with Crippen molar-refractivity contribution in [1.29, 1.82) is 0 Å². The summed E-state index contributed by atoms with van der Waals surface area (Å²) in [7, 11) is 5.87. The first-order valence-corrected chi connectivity index (χ1v) is 13.4. The van der Waals surface area contributed by atoms with Crippen molar-refractivity contribution in [3.63, 3.8) is 0 Å². The molecule has 11 heteroatoms. The Bertz CT molecular complexity index is 1160. The number of hydrogen-bond acceptors (Lipinski definition) is 9. The Morgan fingerprint density at radius 2 is 1.78 bits per heavy atom. The number of aliphatic hydroxyl groups is 1. The lowest BCUT2D eigenvalue weighted by Gasteiger charge is -2.29. The summed E-state index contributed by atoms with van der Waals surface area (Å²) in [4.78, 5) is 24.8. The van der Waals surface area contributed by atoms with E-state index >= 15 is 0 Å². The van der Waals surface area contributed by atoms with Gasteiger partial charge in [0.1, 0.15) is 11.9 Å². The van der Waals surface area contributed by atoms with Crippen LogP contribution in [-0.2, 0) is 25.4 Å². The van der Waals surface area contributed by atoms with E-state index in [1.165, 1.54) is 34.5 Å². The number of phenols is 1. The van der Waals surface area contributed by atoms with E-state index in [1.54, 1.807) is 38.2 Å². The van der Waals surface area contributed by atoms with E-state index in [9.17, 15) is 19.8 Å². The SMILES string of the molecule is COc1cc2c(OC)c(c1O)C[C@@H](C)C[C@@H](OC)[C@@H](O)[C@@H](C)/C=C(/C)[C@@H](OC(N)=O)[C@H](OC)/C=C\C=C(\C)C(=O)N2. The molecule has 1 aromatic carbocycles. The van der Waals surface area contributed by atoms with E-state index in [-0.39, 0.29) is 17.4 Å². The van der Waals surface area contributed by atoms with Crippen molar-refractivity contribution in [2.45, 2.75) is 65.0 Å². The Hall–Kier alpha value is -3.54. The third-order valence-corrected chi connectivity index (χ3v) is 7.19. The van der Waals surface area contributed by atoms with Crippen molar-refractivity contribution in [1.82, 2.24) is 0 Å². The Kier molecular flexibility index (Phi) is 12.7. The molecule has 0 radical (unpaired) electrons. The van der Waals surface area contributed by atoms with E-state index in [0.717, 1.165) is 0 Å². The summed E-state index contributed by atoms with van der Waals surface area (Å²) in [6, 6.07) is 1.50. The minimum absolute atomic E-state index is 0.0946. The molecule has 228 valence electrons. The average Bonchev–Trinajstić information content (AvgIpc) is 2.93. The fraction of sp³-hybridized carbons (Fsp3) is 0.533. The van der Waals surface area contributed by atoms with Crippen LogP contribution in [0.1, 0.15) is 39.7 Å². The molecular formula is C30H44N2O9. The molecule has 2 amide bonds. The molecule has 1 heterocycles. The zero-order chi connectivity index (χ0) is 30.9. The largest absolute Gasteiger partial charge is 0.504 e. The van der Waals surface area contributed by atoms with Gasteiger partial charge in [0.2, 0.25) is 0 Å².